The second kappa shape index (κ2) is 7.77. The summed E-state index contributed by atoms with van der Waals surface area (Å²) in [7, 11) is 0. The summed E-state index contributed by atoms with van der Waals surface area (Å²) in [5.74, 6) is 0.374. The highest BCUT2D eigenvalue weighted by Gasteiger charge is 2.34. The van der Waals surface area contributed by atoms with Crippen LogP contribution in [0.1, 0.15) is 24.5 Å². The summed E-state index contributed by atoms with van der Waals surface area (Å²) in [5.41, 5.74) is -1.82. The summed E-state index contributed by atoms with van der Waals surface area (Å²) in [5, 5.41) is 10.8. The van der Waals surface area contributed by atoms with Gasteiger partial charge in [0.1, 0.15) is 11.9 Å². The summed E-state index contributed by atoms with van der Waals surface area (Å²) >= 11 is 0. The first-order valence-corrected chi connectivity index (χ1v) is 6.53. The molecule has 0 heterocycles. The average molecular weight is 349 g/mol. The van der Waals surface area contributed by atoms with Gasteiger partial charge in [0, 0.05) is 18.9 Å². The SMILES string of the molecule is CC(=O)N[C@@H](C[C@H](F)C#Cc1ccc(F)c(C(F)(F)F)c1)C(=O)O. The molecule has 0 radical (unpaired) electrons. The second-order valence-electron chi connectivity index (χ2n) is 4.76. The highest BCUT2D eigenvalue weighted by molar-refractivity contribution is 5.82. The molecular weight excluding hydrogens is 337 g/mol. The zero-order chi connectivity index (χ0) is 18.5. The quantitative estimate of drug-likeness (QED) is 0.648. The van der Waals surface area contributed by atoms with Gasteiger partial charge in [-0.05, 0) is 18.2 Å². The molecule has 1 amide bonds. The van der Waals surface area contributed by atoms with Gasteiger partial charge < -0.3 is 10.4 Å². The van der Waals surface area contributed by atoms with Crippen LogP contribution in [0.2, 0.25) is 0 Å². The predicted octanol–water partition coefficient (Wildman–Crippen LogP) is 2.51. The second-order valence-corrected chi connectivity index (χ2v) is 4.76. The number of halogens is 5. The fourth-order valence-corrected chi connectivity index (χ4v) is 1.71. The largest absolute Gasteiger partial charge is 0.480 e. The Morgan fingerprint density at radius 3 is 2.46 bits per heavy atom. The highest BCUT2D eigenvalue weighted by Crippen LogP contribution is 2.31. The lowest BCUT2D eigenvalue weighted by Gasteiger charge is -2.13. The van der Waals surface area contributed by atoms with Crippen molar-refractivity contribution in [1.82, 2.24) is 5.32 Å². The van der Waals surface area contributed by atoms with Gasteiger partial charge in [0.25, 0.3) is 0 Å². The minimum atomic E-state index is -4.92. The number of benzene rings is 1. The lowest BCUT2D eigenvalue weighted by molar-refractivity contribution is -0.142. The van der Waals surface area contributed by atoms with Crippen LogP contribution in [0.5, 0.6) is 0 Å². The molecule has 0 fully saturated rings. The Balaban J connectivity index is 2.91. The first-order valence-electron chi connectivity index (χ1n) is 6.53. The van der Waals surface area contributed by atoms with Crippen molar-refractivity contribution in [1.29, 1.82) is 0 Å². The molecule has 1 aromatic carbocycles. The monoisotopic (exact) mass is 349 g/mol. The lowest BCUT2D eigenvalue weighted by atomic mass is 10.1. The van der Waals surface area contributed by atoms with Gasteiger partial charge in [0.2, 0.25) is 5.91 Å². The molecule has 2 atom stereocenters. The number of nitrogens with one attached hydrogen (secondary N) is 1. The minimum Gasteiger partial charge on any atom is -0.480 e. The van der Waals surface area contributed by atoms with Crippen molar-refractivity contribution in [2.45, 2.75) is 31.7 Å². The molecule has 0 unspecified atom stereocenters. The molecule has 1 rings (SSSR count). The summed E-state index contributed by atoms with van der Waals surface area (Å²) < 4.78 is 64.4. The molecule has 0 aliphatic carbocycles. The maximum Gasteiger partial charge on any atom is 0.419 e. The van der Waals surface area contributed by atoms with Crippen molar-refractivity contribution >= 4 is 11.9 Å². The van der Waals surface area contributed by atoms with Crippen LogP contribution < -0.4 is 5.32 Å². The average Bonchev–Trinajstić information content (AvgIpc) is 2.43. The standard InChI is InChI=1S/C15H12F5NO3/c1-8(22)21-13(14(23)24)7-10(16)4-2-9-3-5-12(17)11(6-9)15(18,19)20/h3,5-6,10,13H,7H2,1H3,(H,21,22)(H,23,24)/t10-,13+/m1/s1. The van der Waals surface area contributed by atoms with Gasteiger partial charge in [-0.1, -0.05) is 11.8 Å². The van der Waals surface area contributed by atoms with Crippen LogP contribution in [0.15, 0.2) is 18.2 Å². The number of carbonyl (C=O) groups excluding carboxylic acids is 1. The molecular formula is C15H12F5NO3. The smallest absolute Gasteiger partial charge is 0.419 e. The molecule has 0 spiro atoms. The van der Waals surface area contributed by atoms with Crippen molar-refractivity contribution in [3.63, 3.8) is 0 Å². The molecule has 0 aromatic heterocycles. The molecule has 1 aromatic rings. The van der Waals surface area contributed by atoms with E-state index in [1.165, 1.54) is 0 Å². The number of amides is 1. The zero-order valence-corrected chi connectivity index (χ0v) is 12.2. The molecule has 24 heavy (non-hydrogen) atoms. The van der Waals surface area contributed by atoms with E-state index < -0.39 is 48.1 Å². The molecule has 4 nitrogen and oxygen atoms in total. The number of rotatable bonds is 4. The lowest BCUT2D eigenvalue weighted by Crippen LogP contribution is -2.41. The van der Waals surface area contributed by atoms with Crippen LogP contribution in [0, 0.1) is 17.7 Å². The van der Waals surface area contributed by atoms with E-state index in [0.29, 0.717) is 12.1 Å². The fourth-order valence-electron chi connectivity index (χ4n) is 1.71. The molecule has 0 saturated carbocycles. The van der Waals surface area contributed by atoms with Gasteiger partial charge in [-0.15, -0.1) is 0 Å². The van der Waals surface area contributed by atoms with Crippen LogP contribution in [0.3, 0.4) is 0 Å². The Morgan fingerprint density at radius 2 is 1.96 bits per heavy atom. The van der Waals surface area contributed by atoms with E-state index in [9.17, 15) is 31.5 Å². The molecule has 0 bridgehead atoms. The van der Waals surface area contributed by atoms with E-state index >= 15 is 0 Å². The Kier molecular flexibility index (Phi) is 6.28. The number of hydrogen-bond donors (Lipinski definition) is 2. The number of hydrogen-bond acceptors (Lipinski definition) is 2. The normalized spacial score (nSPS) is 13.4. The van der Waals surface area contributed by atoms with Crippen LogP contribution in [-0.4, -0.2) is 29.2 Å². The van der Waals surface area contributed by atoms with E-state index in [-0.39, 0.29) is 5.56 Å². The summed E-state index contributed by atoms with van der Waals surface area (Å²) in [4.78, 5) is 21.6. The number of aliphatic carboxylic acids is 1. The fraction of sp³-hybridized carbons (Fsp3) is 0.333. The van der Waals surface area contributed by atoms with Crippen molar-refractivity contribution < 1.29 is 36.6 Å². The van der Waals surface area contributed by atoms with E-state index in [4.69, 9.17) is 5.11 Å². The van der Waals surface area contributed by atoms with Gasteiger partial charge in [-0.25, -0.2) is 13.6 Å². The Bertz CT molecular complexity index is 691. The third-order valence-electron chi connectivity index (χ3n) is 2.76. The minimum absolute atomic E-state index is 0.280. The van der Waals surface area contributed by atoms with Crippen molar-refractivity contribution in [3.05, 3.63) is 35.1 Å². The summed E-state index contributed by atoms with van der Waals surface area (Å²) in [6.45, 7) is 1.05. The number of carboxylic acids is 1. The Labute approximate surface area is 133 Å². The first kappa shape index (κ1) is 19.4. The summed E-state index contributed by atoms with van der Waals surface area (Å²) in [6, 6.07) is 0.396. The molecule has 9 heteroatoms. The van der Waals surface area contributed by atoms with Crippen LogP contribution in [-0.2, 0) is 15.8 Å². The summed E-state index contributed by atoms with van der Waals surface area (Å²) in [6.07, 6.45) is -7.62. The van der Waals surface area contributed by atoms with Crippen LogP contribution >= 0.6 is 0 Å². The number of carboxylic acid groups (broad SMARTS) is 1. The molecule has 0 aliphatic heterocycles. The van der Waals surface area contributed by atoms with Crippen molar-refractivity contribution in [3.8, 4) is 11.8 Å². The van der Waals surface area contributed by atoms with Gasteiger partial charge in [-0.3, -0.25) is 4.79 Å². The maximum atomic E-state index is 13.7. The Morgan fingerprint density at radius 1 is 1.33 bits per heavy atom. The highest BCUT2D eigenvalue weighted by atomic mass is 19.4. The van der Waals surface area contributed by atoms with Crippen molar-refractivity contribution in [2.24, 2.45) is 0 Å². The molecule has 0 aliphatic rings. The van der Waals surface area contributed by atoms with Gasteiger partial charge in [0.15, 0.2) is 6.17 Å². The predicted molar refractivity (Wildman–Crippen MR) is 73.0 cm³/mol. The maximum absolute atomic E-state index is 13.7. The molecule has 130 valence electrons. The van der Waals surface area contributed by atoms with E-state index in [1.54, 1.807) is 0 Å². The third-order valence-corrected chi connectivity index (χ3v) is 2.76. The van der Waals surface area contributed by atoms with Gasteiger partial charge >= 0.3 is 12.1 Å². The zero-order valence-electron chi connectivity index (χ0n) is 12.2. The van der Waals surface area contributed by atoms with E-state index in [2.05, 4.69) is 5.92 Å². The third kappa shape index (κ3) is 5.87. The van der Waals surface area contributed by atoms with E-state index in [1.807, 2.05) is 11.2 Å². The van der Waals surface area contributed by atoms with Crippen LogP contribution in [0.4, 0.5) is 22.0 Å². The van der Waals surface area contributed by atoms with Gasteiger partial charge in [-0.2, -0.15) is 13.2 Å². The van der Waals surface area contributed by atoms with Crippen molar-refractivity contribution in [2.75, 3.05) is 0 Å². The van der Waals surface area contributed by atoms with Crippen LogP contribution in [0.25, 0.3) is 0 Å². The molecule has 2 N–H and O–H groups in total. The number of carbonyl (C=O) groups is 2. The first-order chi connectivity index (χ1) is 11.0. The van der Waals surface area contributed by atoms with Gasteiger partial charge in [0.05, 0.1) is 5.56 Å². The molecule has 0 saturated heterocycles. The number of alkyl halides is 4. The topological polar surface area (TPSA) is 66.4 Å². The Hall–Kier alpha value is -2.63. The van der Waals surface area contributed by atoms with E-state index in [0.717, 1.165) is 13.0 Å².